The number of hydrogen-bond donors (Lipinski definition) is 0. The summed E-state index contributed by atoms with van der Waals surface area (Å²) in [6, 6.07) is 0.601. The Morgan fingerprint density at radius 1 is 1.00 bits per heavy atom. The first-order valence-electron chi connectivity index (χ1n) is 15.8. The highest BCUT2D eigenvalue weighted by Gasteiger charge is 2.61. The summed E-state index contributed by atoms with van der Waals surface area (Å²) in [4.78, 5) is 25.2. The van der Waals surface area contributed by atoms with Gasteiger partial charge in [0.25, 0.3) is 0 Å². The number of rotatable bonds is 14. The Balaban J connectivity index is 1.38. The topological polar surface area (TPSA) is 77.1 Å². The van der Waals surface area contributed by atoms with Crippen molar-refractivity contribution in [3.63, 3.8) is 0 Å². The van der Waals surface area contributed by atoms with Gasteiger partial charge in [0.2, 0.25) is 0 Å². The van der Waals surface area contributed by atoms with E-state index in [0.717, 1.165) is 34.2 Å². The summed E-state index contributed by atoms with van der Waals surface area (Å²) in [7, 11) is -6.46. The predicted octanol–water partition coefficient (Wildman–Crippen LogP) is 7.44. The van der Waals surface area contributed by atoms with Gasteiger partial charge in [0.05, 0.1) is 12.5 Å². The van der Waals surface area contributed by atoms with Crippen LogP contribution in [0.25, 0.3) is 0 Å². The zero-order valence-electron chi connectivity index (χ0n) is 27.1. The van der Waals surface area contributed by atoms with Gasteiger partial charge in [-0.05, 0) is 115 Å². The Labute approximate surface area is 264 Å². The molecule has 1 radical (unpaired) electrons. The molecule has 0 aromatic carbocycles. The highest BCUT2D eigenvalue weighted by molar-refractivity contribution is 8.34. The summed E-state index contributed by atoms with van der Waals surface area (Å²) in [5, 5.41) is 0. The molecule has 0 aliphatic heterocycles. The van der Waals surface area contributed by atoms with Gasteiger partial charge in [0.1, 0.15) is 22.1 Å². The molecule has 0 saturated heterocycles. The van der Waals surface area contributed by atoms with Crippen LogP contribution in [0.5, 0.6) is 0 Å². The van der Waals surface area contributed by atoms with Crippen LogP contribution in [0.1, 0.15) is 71.1 Å². The van der Waals surface area contributed by atoms with Crippen LogP contribution in [-0.2, 0) is 42.6 Å². The second-order valence-electron chi connectivity index (χ2n) is 15.3. The van der Waals surface area contributed by atoms with Crippen LogP contribution in [0.2, 0.25) is 58.4 Å². The molecule has 3 saturated carbocycles. The maximum Gasteiger partial charge on any atom is 0.360 e. The minimum absolute atomic E-state index is 0.123. The fourth-order valence-corrected chi connectivity index (χ4v) is 25.0. The van der Waals surface area contributed by atoms with Gasteiger partial charge < -0.3 is 22.0 Å². The molecule has 4 unspecified atom stereocenters. The molecule has 0 N–H and O–H groups in total. The molecule has 3 aliphatic carbocycles. The summed E-state index contributed by atoms with van der Waals surface area (Å²) in [6.07, 6.45) is 12.4. The molecular formula is C28H56O6PS2Si4. The van der Waals surface area contributed by atoms with Crippen molar-refractivity contribution in [3.8, 4) is 0 Å². The first-order valence-corrected chi connectivity index (χ1v) is 30.6. The molecule has 41 heavy (non-hydrogen) atoms. The van der Waals surface area contributed by atoms with Crippen molar-refractivity contribution in [2.45, 2.75) is 135 Å². The average Bonchev–Trinajstić information content (AvgIpc) is 3.54. The Hall–Kier alpha value is 0.918. The number of esters is 1. The van der Waals surface area contributed by atoms with Crippen LogP contribution >= 0.6 is 6.92 Å². The smallest absolute Gasteiger partial charge is 0.360 e. The van der Waals surface area contributed by atoms with Gasteiger partial charge in [-0.2, -0.15) is 0 Å². The van der Waals surface area contributed by atoms with Crippen LogP contribution < -0.4 is 4.89 Å². The third-order valence-corrected chi connectivity index (χ3v) is 25.2. The largest absolute Gasteiger partial charge is 0.619 e. The van der Waals surface area contributed by atoms with Gasteiger partial charge >= 0.3 is 23.8 Å². The van der Waals surface area contributed by atoms with E-state index in [-0.39, 0.29) is 11.9 Å². The fraction of sp³-hybridized carbons (Fsp3) is 0.964. The fourth-order valence-electron chi connectivity index (χ4n) is 7.46. The predicted molar refractivity (Wildman–Crippen MR) is 183 cm³/mol. The van der Waals surface area contributed by atoms with Gasteiger partial charge in [0, 0.05) is 29.1 Å². The lowest BCUT2D eigenvalue weighted by molar-refractivity contribution is -0.153. The zero-order valence-corrected chi connectivity index (χ0v) is 33.6. The number of carbonyl (C=O) groups is 1. The maximum absolute atomic E-state index is 13.0. The summed E-state index contributed by atoms with van der Waals surface area (Å²) in [5.74, 6) is 1.98. The first-order chi connectivity index (χ1) is 18.9. The molecule has 3 fully saturated rings. The van der Waals surface area contributed by atoms with E-state index < -0.39 is 41.4 Å². The van der Waals surface area contributed by atoms with Crippen molar-refractivity contribution >= 4 is 68.1 Å². The van der Waals surface area contributed by atoms with E-state index in [9.17, 15) is 9.69 Å². The van der Waals surface area contributed by atoms with E-state index in [0.29, 0.717) is 29.6 Å². The molecule has 3 aliphatic rings. The van der Waals surface area contributed by atoms with Crippen molar-refractivity contribution in [1.29, 1.82) is 0 Å². The molecule has 0 amide bonds. The van der Waals surface area contributed by atoms with Gasteiger partial charge in [-0.3, -0.25) is 4.79 Å². The van der Waals surface area contributed by atoms with Crippen LogP contribution in [0.4, 0.5) is 0 Å². The van der Waals surface area contributed by atoms with Crippen molar-refractivity contribution < 1.29 is 26.8 Å². The van der Waals surface area contributed by atoms with E-state index in [1.165, 1.54) is 51.4 Å². The highest BCUT2D eigenvalue weighted by Crippen LogP contribution is 2.65. The van der Waals surface area contributed by atoms with Crippen molar-refractivity contribution in [2.24, 2.45) is 29.1 Å². The van der Waals surface area contributed by atoms with Crippen LogP contribution in [0, 0.1) is 29.1 Å². The standard InChI is InChI=1S/C28H56O6PS2Si4/c1-22(21-41(9,34-40(6,7)8)33-38(2)32-39(3,4)5)27(29)31-19-16-23-10-12-24(13-11-23)25-14-17-28(18-15-25)20-26(28)35(30)37-36/h22-26H,10-21H2,1-9H3. The Morgan fingerprint density at radius 2 is 1.59 bits per heavy atom. The number of carbonyl (C=O) groups excluding carboxylic acids is 1. The lowest BCUT2D eigenvalue weighted by atomic mass is 9.68. The molecule has 13 heteroatoms. The minimum atomic E-state index is -2.60. The quantitative estimate of drug-likeness (QED) is 0.106. The molecule has 6 nitrogen and oxygen atoms in total. The second-order valence-corrected chi connectivity index (χ2v) is 34.0. The van der Waals surface area contributed by atoms with E-state index in [1.54, 1.807) is 0 Å². The molecule has 0 heterocycles. The number of hydrogen-bond acceptors (Lipinski definition) is 7. The van der Waals surface area contributed by atoms with Crippen molar-refractivity contribution in [1.82, 2.24) is 0 Å². The monoisotopic (exact) mass is 695 g/mol. The van der Waals surface area contributed by atoms with Crippen LogP contribution in [-0.4, -0.2) is 52.7 Å². The van der Waals surface area contributed by atoms with Crippen LogP contribution in [0.15, 0.2) is 0 Å². The first kappa shape index (κ1) is 36.4. The molecule has 237 valence electrons. The Bertz CT molecular complexity index is 941. The van der Waals surface area contributed by atoms with Gasteiger partial charge in [0.15, 0.2) is 16.6 Å². The molecule has 3 rings (SSSR count). The van der Waals surface area contributed by atoms with E-state index >= 15 is 0 Å². The second kappa shape index (κ2) is 15.0. The third kappa shape index (κ3) is 11.7. The lowest BCUT2D eigenvalue weighted by Crippen LogP contribution is -2.53. The number of ether oxygens (including phenoxy) is 1. The maximum atomic E-state index is 13.0. The van der Waals surface area contributed by atoms with Gasteiger partial charge in [-0.1, -0.05) is 19.8 Å². The minimum Gasteiger partial charge on any atom is -0.619 e. The molecule has 1 spiro atoms. The van der Waals surface area contributed by atoms with E-state index in [2.05, 4.69) is 52.4 Å². The summed E-state index contributed by atoms with van der Waals surface area (Å²) < 4.78 is 25.2. The summed E-state index contributed by atoms with van der Waals surface area (Å²) in [5.41, 5.74) is 0.773. The van der Waals surface area contributed by atoms with Crippen molar-refractivity contribution in [2.75, 3.05) is 6.61 Å². The normalized spacial score (nSPS) is 31.4. The highest BCUT2D eigenvalue weighted by atomic mass is 32.9. The van der Waals surface area contributed by atoms with E-state index in [4.69, 9.17) is 28.3 Å². The Morgan fingerprint density at radius 3 is 2.12 bits per heavy atom. The zero-order chi connectivity index (χ0) is 30.6. The van der Waals surface area contributed by atoms with Gasteiger partial charge in [-0.25, -0.2) is 0 Å². The van der Waals surface area contributed by atoms with E-state index in [1.807, 2.05) is 6.92 Å². The SMILES string of the molecule is CC(C[Si](C)(O[Si](C)O[Si](C)(C)C)O[Si](C)(C)C)C(=O)OCCC1CCC(C2CCC3(CC2)CC3[P+]([O-])=S=S)CC1. The average molecular weight is 696 g/mol. The molecule has 0 aromatic rings. The molecule has 0 aromatic heterocycles. The van der Waals surface area contributed by atoms with Crippen molar-refractivity contribution in [3.05, 3.63) is 0 Å². The summed E-state index contributed by atoms with van der Waals surface area (Å²) >= 11 is 5.00. The molecular weight excluding hydrogens is 640 g/mol. The molecule has 0 bridgehead atoms. The molecule has 4 atom stereocenters. The van der Waals surface area contributed by atoms with Crippen LogP contribution in [0.3, 0.4) is 0 Å². The van der Waals surface area contributed by atoms with Gasteiger partial charge in [-0.15, -0.1) is 0 Å². The third-order valence-electron chi connectivity index (χ3n) is 9.24. The Kier molecular flexibility index (Phi) is 13.3. The summed E-state index contributed by atoms with van der Waals surface area (Å²) in [6.45, 7) is 18.5. The lowest BCUT2D eigenvalue weighted by Gasteiger charge is -2.38.